The van der Waals surface area contributed by atoms with Crippen LogP contribution in [0.2, 0.25) is 0 Å². The lowest BCUT2D eigenvalue weighted by atomic mass is 10.1. The third kappa shape index (κ3) is 3.00. The SMILES string of the molecule is CCn1ncc(NCC2=CCNCC2)c(Br)c1=O. The fourth-order valence-electron chi connectivity index (χ4n) is 1.85. The molecule has 18 heavy (non-hydrogen) atoms. The summed E-state index contributed by atoms with van der Waals surface area (Å²) in [6.07, 6.45) is 4.92. The molecule has 1 aromatic rings. The van der Waals surface area contributed by atoms with E-state index in [0.717, 1.165) is 31.7 Å². The van der Waals surface area contributed by atoms with Gasteiger partial charge >= 0.3 is 0 Å². The van der Waals surface area contributed by atoms with Crippen molar-refractivity contribution in [2.45, 2.75) is 19.9 Å². The Morgan fingerprint density at radius 2 is 2.44 bits per heavy atom. The first kappa shape index (κ1) is 13.3. The van der Waals surface area contributed by atoms with E-state index in [1.807, 2.05) is 6.92 Å². The number of rotatable bonds is 4. The van der Waals surface area contributed by atoms with Crippen molar-refractivity contribution in [2.75, 3.05) is 25.0 Å². The van der Waals surface area contributed by atoms with Gasteiger partial charge in [-0.05, 0) is 35.8 Å². The molecule has 0 radical (unpaired) electrons. The molecule has 1 aliphatic rings. The molecule has 6 heteroatoms. The summed E-state index contributed by atoms with van der Waals surface area (Å²) in [5, 5.41) is 10.6. The van der Waals surface area contributed by atoms with Crippen LogP contribution >= 0.6 is 15.9 Å². The molecule has 2 N–H and O–H groups in total. The quantitative estimate of drug-likeness (QED) is 0.824. The van der Waals surface area contributed by atoms with Crippen molar-refractivity contribution in [3.8, 4) is 0 Å². The number of aryl methyl sites for hydroxylation is 1. The van der Waals surface area contributed by atoms with Gasteiger partial charge in [0, 0.05) is 19.6 Å². The number of nitrogens with zero attached hydrogens (tertiary/aromatic N) is 2. The average molecular weight is 313 g/mol. The average Bonchev–Trinajstić information content (AvgIpc) is 2.42. The maximum absolute atomic E-state index is 11.9. The Labute approximate surface area is 114 Å². The molecule has 5 nitrogen and oxygen atoms in total. The summed E-state index contributed by atoms with van der Waals surface area (Å²) in [6, 6.07) is 0. The third-order valence-electron chi connectivity index (χ3n) is 2.95. The highest BCUT2D eigenvalue weighted by Gasteiger charge is 2.09. The molecule has 1 aromatic heterocycles. The minimum atomic E-state index is -0.0956. The molecule has 0 atom stereocenters. The summed E-state index contributed by atoms with van der Waals surface area (Å²) in [6.45, 7) is 5.18. The van der Waals surface area contributed by atoms with Gasteiger partial charge in [-0.25, -0.2) is 4.68 Å². The van der Waals surface area contributed by atoms with Gasteiger partial charge in [-0.1, -0.05) is 11.6 Å². The van der Waals surface area contributed by atoms with Crippen LogP contribution in [0.3, 0.4) is 0 Å². The summed E-state index contributed by atoms with van der Waals surface area (Å²) in [5.74, 6) is 0. The van der Waals surface area contributed by atoms with E-state index in [-0.39, 0.29) is 5.56 Å². The molecule has 0 spiro atoms. The van der Waals surface area contributed by atoms with E-state index < -0.39 is 0 Å². The molecule has 0 amide bonds. The molecule has 0 saturated carbocycles. The number of hydrogen-bond acceptors (Lipinski definition) is 4. The highest BCUT2D eigenvalue weighted by atomic mass is 79.9. The Morgan fingerprint density at radius 3 is 3.11 bits per heavy atom. The third-order valence-corrected chi connectivity index (χ3v) is 3.71. The zero-order valence-corrected chi connectivity index (χ0v) is 12.0. The van der Waals surface area contributed by atoms with Crippen LogP contribution in [0.15, 0.2) is 27.1 Å². The molecule has 0 saturated heterocycles. The Bertz CT molecular complexity index is 509. The van der Waals surface area contributed by atoms with Crippen molar-refractivity contribution in [2.24, 2.45) is 0 Å². The zero-order chi connectivity index (χ0) is 13.0. The Morgan fingerprint density at radius 1 is 1.61 bits per heavy atom. The maximum Gasteiger partial charge on any atom is 0.283 e. The minimum absolute atomic E-state index is 0.0956. The highest BCUT2D eigenvalue weighted by molar-refractivity contribution is 9.10. The molecule has 0 unspecified atom stereocenters. The molecule has 2 heterocycles. The monoisotopic (exact) mass is 312 g/mol. The molecule has 0 aromatic carbocycles. The van der Waals surface area contributed by atoms with Gasteiger partial charge in [0.25, 0.3) is 5.56 Å². The van der Waals surface area contributed by atoms with Crippen LogP contribution in [-0.4, -0.2) is 29.4 Å². The van der Waals surface area contributed by atoms with Crippen LogP contribution in [0, 0.1) is 0 Å². The molecule has 98 valence electrons. The van der Waals surface area contributed by atoms with Crippen molar-refractivity contribution < 1.29 is 0 Å². The van der Waals surface area contributed by atoms with Gasteiger partial charge < -0.3 is 10.6 Å². The van der Waals surface area contributed by atoms with Gasteiger partial charge in [-0.15, -0.1) is 0 Å². The van der Waals surface area contributed by atoms with Gasteiger partial charge in [0.05, 0.1) is 11.9 Å². The lowest BCUT2D eigenvalue weighted by Gasteiger charge is -2.15. The predicted octanol–water partition coefficient (Wildman–Crippen LogP) is 1.36. The van der Waals surface area contributed by atoms with Crippen molar-refractivity contribution in [3.05, 3.63) is 32.7 Å². The van der Waals surface area contributed by atoms with E-state index >= 15 is 0 Å². The summed E-state index contributed by atoms with van der Waals surface area (Å²) in [4.78, 5) is 11.9. The molecule has 0 fully saturated rings. The Kier molecular flexibility index (Phi) is 4.54. The first-order valence-electron chi connectivity index (χ1n) is 6.10. The van der Waals surface area contributed by atoms with Crippen LogP contribution in [0.25, 0.3) is 0 Å². The fourth-order valence-corrected chi connectivity index (χ4v) is 2.30. The highest BCUT2D eigenvalue weighted by Crippen LogP contribution is 2.17. The Balaban J connectivity index is 2.08. The summed E-state index contributed by atoms with van der Waals surface area (Å²) < 4.78 is 1.98. The van der Waals surface area contributed by atoms with Gasteiger partial charge in [-0.2, -0.15) is 5.10 Å². The van der Waals surface area contributed by atoms with Crippen LogP contribution in [0.5, 0.6) is 0 Å². The summed E-state index contributed by atoms with van der Waals surface area (Å²) in [5.41, 5.74) is 2.02. The maximum atomic E-state index is 11.9. The second-order valence-electron chi connectivity index (χ2n) is 4.16. The van der Waals surface area contributed by atoms with Crippen LogP contribution in [0.4, 0.5) is 5.69 Å². The minimum Gasteiger partial charge on any atom is -0.379 e. The topological polar surface area (TPSA) is 59.0 Å². The standard InChI is InChI=1S/C12H17BrN4O/c1-2-17-12(18)11(13)10(8-16-17)15-7-9-3-5-14-6-4-9/h3,8,14-15H,2,4-7H2,1H3. The van der Waals surface area contributed by atoms with Crippen molar-refractivity contribution in [1.29, 1.82) is 0 Å². The number of halogens is 1. The smallest absolute Gasteiger partial charge is 0.283 e. The molecule has 2 rings (SSSR count). The Hall–Kier alpha value is -1.14. The first-order chi connectivity index (χ1) is 8.72. The van der Waals surface area contributed by atoms with Gasteiger partial charge in [0.1, 0.15) is 4.47 Å². The van der Waals surface area contributed by atoms with E-state index in [4.69, 9.17) is 0 Å². The number of hydrogen-bond donors (Lipinski definition) is 2. The number of anilines is 1. The van der Waals surface area contributed by atoms with E-state index in [1.54, 1.807) is 6.20 Å². The van der Waals surface area contributed by atoms with Crippen LogP contribution in [0.1, 0.15) is 13.3 Å². The van der Waals surface area contributed by atoms with Gasteiger partial charge in [0.15, 0.2) is 0 Å². The lowest BCUT2D eigenvalue weighted by Crippen LogP contribution is -2.25. The largest absolute Gasteiger partial charge is 0.379 e. The second kappa shape index (κ2) is 6.15. The van der Waals surface area contributed by atoms with Gasteiger partial charge in [-0.3, -0.25) is 4.79 Å². The van der Waals surface area contributed by atoms with Crippen LogP contribution in [-0.2, 0) is 6.54 Å². The molecule has 0 bridgehead atoms. The van der Waals surface area contributed by atoms with E-state index in [1.165, 1.54) is 10.3 Å². The van der Waals surface area contributed by atoms with Crippen molar-refractivity contribution >= 4 is 21.6 Å². The summed E-state index contributed by atoms with van der Waals surface area (Å²) >= 11 is 3.33. The van der Waals surface area contributed by atoms with E-state index in [0.29, 0.717) is 11.0 Å². The molecule has 1 aliphatic heterocycles. The molecular formula is C12H17BrN4O. The molecular weight excluding hydrogens is 296 g/mol. The van der Waals surface area contributed by atoms with Crippen molar-refractivity contribution in [1.82, 2.24) is 15.1 Å². The van der Waals surface area contributed by atoms with Crippen molar-refractivity contribution in [3.63, 3.8) is 0 Å². The summed E-state index contributed by atoms with van der Waals surface area (Å²) in [7, 11) is 0. The predicted molar refractivity (Wildman–Crippen MR) is 75.9 cm³/mol. The van der Waals surface area contributed by atoms with Crippen LogP contribution < -0.4 is 16.2 Å². The second-order valence-corrected chi connectivity index (χ2v) is 4.96. The van der Waals surface area contributed by atoms with E-state index in [9.17, 15) is 4.79 Å². The molecule has 0 aliphatic carbocycles. The normalized spacial score (nSPS) is 15.3. The number of nitrogens with one attached hydrogen (secondary N) is 2. The van der Waals surface area contributed by atoms with Gasteiger partial charge in [0.2, 0.25) is 0 Å². The zero-order valence-electron chi connectivity index (χ0n) is 10.4. The lowest BCUT2D eigenvalue weighted by molar-refractivity contribution is 0.613. The first-order valence-corrected chi connectivity index (χ1v) is 6.89. The number of aromatic nitrogens is 2. The van der Waals surface area contributed by atoms with E-state index in [2.05, 4.69) is 37.7 Å². The fraction of sp³-hybridized carbons (Fsp3) is 0.500.